The predicted molar refractivity (Wildman–Crippen MR) is 44.2 cm³/mol. The number of rotatable bonds is 0. The zero-order valence-corrected chi connectivity index (χ0v) is 7.34. The zero-order valence-electron chi connectivity index (χ0n) is 5.71. The molecule has 0 aliphatic carbocycles. The van der Waals surface area contributed by atoms with Crippen molar-refractivity contribution >= 4 is 27.8 Å². The molecule has 0 unspecified atom stereocenters. The normalized spacial score (nSPS) is 19.2. The van der Waals surface area contributed by atoms with Crippen LogP contribution in [0.5, 0.6) is 0 Å². The van der Waals surface area contributed by atoms with Crippen LogP contribution in [0.3, 0.4) is 0 Å². The van der Waals surface area contributed by atoms with E-state index in [1.807, 2.05) is 0 Å². The van der Waals surface area contributed by atoms with Crippen molar-refractivity contribution in [1.29, 1.82) is 0 Å². The van der Waals surface area contributed by atoms with Crippen molar-refractivity contribution in [2.75, 3.05) is 0 Å². The highest BCUT2D eigenvalue weighted by Gasteiger charge is 2.23. The maximum Gasteiger partial charge on any atom is 0.152 e. The summed E-state index contributed by atoms with van der Waals surface area (Å²) >= 11 is 0. The lowest BCUT2D eigenvalue weighted by Gasteiger charge is -2.14. The van der Waals surface area contributed by atoms with E-state index in [0.717, 1.165) is 5.84 Å². The Morgan fingerprint density at radius 1 is 1.22 bits per heavy atom. The van der Waals surface area contributed by atoms with Crippen molar-refractivity contribution in [1.82, 2.24) is 4.72 Å². The van der Waals surface area contributed by atoms with Gasteiger partial charge in [0.05, 0.1) is 22.0 Å². The maximum atomic E-state index is 4.14. The van der Waals surface area contributed by atoms with E-state index in [0.29, 0.717) is 0 Å². The topological polar surface area (TPSA) is 26.5 Å². The Morgan fingerprint density at radius 3 is 2.11 bits per heavy atom. The lowest BCUT2D eigenvalue weighted by atomic mass is 9.96. The Morgan fingerprint density at radius 2 is 1.89 bits per heavy atom. The van der Waals surface area contributed by atoms with E-state index < -0.39 is 0 Å². The molecule has 0 amide bonds. The highest BCUT2D eigenvalue weighted by molar-refractivity contribution is 8.76. The van der Waals surface area contributed by atoms with Crippen LogP contribution in [0.2, 0.25) is 0 Å². The Labute approximate surface area is 63.6 Å². The van der Waals surface area contributed by atoms with Gasteiger partial charge in [0, 0.05) is 5.41 Å². The zero-order chi connectivity index (χ0) is 6.91. The van der Waals surface area contributed by atoms with Gasteiger partial charge in [-0.15, -0.1) is 0 Å². The third-order valence-corrected chi connectivity index (χ3v) is 2.16. The molecule has 1 aliphatic heterocycles. The summed E-state index contributed by atoms with van der Waals surface area (Å²) in [6, 6.07) is 0. The van der Waals surface area contributed by atoms with E-state index >= 15 is 0 Å². The fraction of sp³-hybridized carbons (Fsp3) is 0.800. The minimum atomic E-state index is 0.122. The minimum absolute atomic E-state index is 0.122. The summed E-state index contributed by atoms with van der Waals surface area (Å²) in [5.74, 6) is 0.956. The van der Waals surface area contributed by atoms with E-state index in [-0.39, 0.29) is 5.41 Å². The quantitative estimate of drug-likeness (QED) is 0.402. The smallest absolute Gasteiger partial charge is 0.152 e. The molecule has 0 aromatic carbocycles. The summed E-state index contributed by atoms with van der Waals surface area (Å²) in [7, 11) is 2.89. The van der Waals surface area contributed by atoms with Gasteiger partial charge in [0.1, 0.15) is 0 Å². The summed E-state index contributed by atoms with van der Waals surface area (Å²) < 4.78 is 8.27. The third kappa shape index (κ3) is 1.79. The van der Waals surface area contributed by atoms with Crippen LogP contribution in [-0.2, 0) is 0 Å². The predicted octanol–water partition coefficient (Wildman–Crippen LogP) is 2.26. The lowest BCUT2D eigenvalue weighted by molar-refractivity contribution is 0.582. The molecule has 1 rings (SSSR count). The highest BCUT2D eigenvalue weighted by atomic mass is 33.1. The van der Waals surface area contributed by atoms with E-state index in [1.165, 1.54) is 22.0 Å². The standard InChI is InChI=1S/C5H9N2S2/c1-5(2,3)4-6-8-9-7-4/h1-3H3. The van der Waals surface area contributed by atoms with E-state index in [9.17, 15) is 0 Å². The van der Waals surface area contributed by atoms with Crippen molar-refractivity contribution in [3.63, 3.8) is 0 Å². The molecular formula is C5H9N2S2. The molecule has 1 radical (unpaired) electrons. The fourth-order valence-electron chi connectivity index (χ4n) is 0.394. The highest BCUT2D eigenvalue weighted by Crippen LogP contribution is 2.32. The number of amidine groups is 1. The Kier molecular flexibility index (Phi) is 1.96. The first-order valence-electron chi connectivity index (χ1n) is 2.73. The second kappa shape index (κ2) is 2.42. The first-order chi connectivity index (χ1) is 4.11. The molecule has 0 fully saturated rings. The van der Waals surface area contributed by atoms with Gasteiger partial charge in [-0.05, 0) is 0 Å². The van der Waals surface area contributed by atoms with Gasteiger partial charge < -0.3 is 0 Å². The Balaban J connectivity index is 2.61. The SMILES string of the molecule is CC(C)(C)C1=NSS[N]1. The molecule has 0 aromatic rings. The van der Waals surface area contributed by atoms with Gasteiger partial charge in [-0.25, -0.2) is 0 Å². The van der Waals surface area contributed by atoms with Crippen molar-refractivity contribution in [2.45, 2.75) is 20.8 Å². The molecule has 1 heterocycles. The van der Waals surface area contributed by atoms with Gasteiger partial charge in [-0.2, -0.15) is 9.12 Å². The van der Waals surface area contributed by atoms with Gasteiger partial charge in [0.2, 0.25) is 0 Å². The van der Waals surface area contributed by atoms with Gasteiger partial charge in [-0.1, -0.05) is 20.8 Å². The molecule has 0 saturated heterocycles. The van der Waals surface area contributed by atoms with Gasteiger partial charge >= 0.3 is 0 Å². The van der Waals surface area contributed by atoms with Crippen LogP contribution in [0.4, 0.5) is 0 Å². The average molecular weight is 161 g/mol. The molecule has 0 bridgehead atoms. The minimum Gasteiger partial charge on any atom is -0.187 e. The number of hydrogen-bond donors (Lipinski definition) is 0. The second-order valence-corrected chi connectivity index (χ2v) is 4.46. The molecule has 0 saturated carbocycles. The van der Waals surface area contributed by atoms with Crippen molar-refractivity contribution in [3.8, 4) is 0 Å². The molecule has 9 heavy (non-hydrogen) atoms. The van der Waals surface area contributed by atoms with Crippen LogP contribution in [0.25, 0.3) is 0 Å². The van der Waals surface area contributed by atoms with Crippen LogP contribution in [-0.4, -0.2) is 5.84 Å². The summed E-state index contributed by atoms with van der Waals surface area (Å²) in [4.78, 5) is 0. The molecule has 0 N–H and O–H groups in total. The number of nitrogens with zero attached hydrogens (tertiary/aromatic N) is 2. The molecule has 51 valence electrons. The summed E-state index contributed by atoms with van der Waals surface area (Å²) in [6.45, 7) is 6.34. The van der Waals surface area contributed by atoms with Crippen LogP contribution in [0.15, 0.2) is 4.40 Å². The molecule has 0 atom stereocenters. The molecule has 2 nitrogen and oxygen atoms in total. The Hall–Kier alpha value is 0.170. The van der Waals surface area contributed by atoms with Crippen molar-refractivity contribution in [3.05, 3.63) is 0 Å². The maximum absolute atomic E-state index is 4.14. The van der Waals surface area contributed by atoms with E-state index in [4.69, 9.17) is 0 Å². The lowest BCUT2D eigenvalue weighted by Crippen LogP contribution is -2.23. The monoisotopic (exact) mass is 161 g/mol. The van der Waals surface area contributed by atoms with Crippen molar-refractivity contribution in [2.24, 2.45) is 9.81 Å². The molecule has 1 aliphatic rings. The summed E-state index contributed by atoms with van der Waals surface area (Å²) in [6.07, 6.45) is 0. The molecule has 4 heteroatoms. The third-order valence-electron chi connectivity index (χ3n) is 0.952. The molecular weight excluding hydrogens is 152 g/mol. The molecule has 0 aromatic heterocycles. The second-order valence-electron chi connectivity index (χ2n) is 2.91. The first kappa shape index (κ1) is 7.28. The van der Waals surface area contributed by atoms with Gasteiger partial charge in [0.25, 0.3) is 0 Å². The fourth-order valence-corrected chi connectivity index (χ4v) is 1.91. The number of hydrogen-bond acceptors (Lipinski definition) is 3. The van der Waals surface area contributed by atoms with Crippen LogP contribution in [0, 0.1) is 5.41 Å². The van der Waals surface area contributed by atoms with Crippen molar-refractivity contribution < 1.29 is 0 Å². The first-order valence-corrected chi connectivity index (χ1v) is 4.79. The van der Waals surface area contributed by atoms with Crippen LogP contribution < -0.4 is 4.72 Å². The largest absolute Gasteiger partial charge is 0.187 e. The van der Waals surface area contributed by atoms with Crippen LogP contribution in [0.1, 0.15) is 20.8 Å². The van der Waals surface area contributed by atoms with E-state index in [2.05, 4.69) is 29.9 Å². The van der Waals surface area contributed by atoms with Gasteiger partial charge in [0.15, 0.2) is 5.84 Å². The summed E-state index contributed by atoms with van der Waals surface area (Å²) in [5.41, 5.74) is 0.122. The van der Waals surface area contributed by atoms with Gasteiger partial charge in [-0.3, -0.25) is 0 Å². The summed E-state index contributed by atoms with van der Waals surface area (Å²) in [5, 5.41) is 0. The Bertz CT molecular complexity index is 136. The molecule has 0 spiro atoms. The average Bonchev–Trinajstić information content (AvgIpc) is 2.08. The van der Waals surface area contributed by atoms with E-state index in [1.54, 1.807) is 0 Å². The van der Waals surface area contributed by atoms with Crippen LogP contribution >= 0.6 is 22.0 Å².